The lowest BCUT2D eigenvalue weighted by Gasteiger charge is -2.51. The van der Waals surface area contributed by atoms with Crippen molar-refractivity contribution in [2.75, 3.05) is 10.2 Å². The van der Waals surface area contributed by atoms with E-state index in [2.05, 4.69) is 212 Å². The molecular weight excluding hydrogens is 723 g/mol. The third kappa shape index (κ3) is 5.33. The van der Waals surface area contributed by atoms with Gasteiger partial charge in [0.15, 0.2) is 7.28 Å². The fraction of sp³-hybridized carbons (Fsp3) is 0.263. The highest BCUT2D eigenvalue weighted by molar-refractivity contribution is 6.73. The molecule has 11 rings (SSSR count). The second-order valence-electron chi connectivity index (χ2n) is 20.0. The van der Waals surface area contributed by atoms with Gasteiger partial charge in [0.2, 0.25) is 0 Å². The summed E-state index contributed by atoms with van der Waals surface area (Å²) in [5, 5.41) is 3.99. The third-order valence-corrected chi connectivity index (χ3v) is 15.2. The Morgan fingerprint density at radius 3 is 1.92 bits per heavy atom. The quantitative estimate of drug-likeness (QED) is 0.175. The monoisotopic (exact) mass is 777 g/mol. The fourth-order valence-corrected chi connectivity index (χ4v) is 11.6. The topological polar surface area (TPSA) is 15.3 Å². The van der Waals surface area contributed by atoms with Gasteiger partial charge in [-0.1, -0.05) is 175 Å². The average molecular weight is 778 g/mol. The Morgan fingerprint density at radius 1 is 0.567 bits per heavy atom. The first kappa shape index (κ1) is 37.2. The summed E-state index contributed by atoms with van der Waals surface area (Å²) in [5.41, 5.74) is 23.4. The molecule has 4 aliphatic rings. The Morgan fingerprint density at radius 2 is 1.20 bits per heavy atom. The maximum absolute atomic E-state index is 3.99. The molecule has 2 unspecified atom stereocenters. The molecule has 7 aromatic carbocycles. The van der Waals surface area contributed by atoms with Gasteiger partial charge in [-0.3, -0.25) is 0 Å². The summed E-state index contributed by atoms with van der Waals surface area (Å²) in [6.07, 6.45) is 4.91. The van der Waals surface area contributed by atoms with Crippen LogP contribution < -0.4 is 21.1 Å². The van der Waals surface area contributed by atoms with E-state index < -0.39 is 0 Å². The minimum Gasteiger partial charge on any atom is -0.355 e. The highest BCUT2D eigenvalue weighted by Crippen LogP contribution is 2.63. The zero-order valence-corrected chi connectivity index (χ0v) is 36.2. The van der Waals surface area contributed by atoms with Crippen LogP contribution >= 0.6 is 0 Å². The summed E-state index contributed by atoms with van der Waals surface area (Å²) in [7, 11) is 2.58. The predicted octanol–water partition coefficient (Wildman–Crippen LogP) is 13.7. The van der Waals surface area contributed by atoms with Gasteiger partial charge in [0.25, 0.3) is 0 Å². The molecule has 2 nitrogen and oxygen atoms in total. The van der Waals surface area contributed by atoms with E-state index in [0.717, 1.165) is 11.4 Å². The molecule has 3 heteroatoms. The standard InChI is InChI=1S/C57H54BN2/c1-54(2,3)40-33-46-53-47(34-40)58-52-49(60(53)57(7)31-17-16-30-56(46,57)6)35-45-50(42-22-14-15-23-44(42)55(45,4)5)51(52)43-32-39(37-20-12-9-13-21-37)26-29-48(43)59-41-27-24-38(25-28-41)36-18-10-8-11-19-36/h8-15,18-29,32-35,59H,16-17,30-31H2,1-7H3. The predicted molar refractivity (Wildman–Crippen MR) is 257 cm³/mol. The van der Waals surface area contributed by atoms with Crippen LogP contribution in [0.4, 0.5) is 22.7 Å². The molecule has 2 aliphatic carbocycles. The van der Waals surface area contributed by atoms with Crippen LogP contribution in [-0.2, 0) is 16.2 Å². The molecule has 1 radical (unpaired) electrons. The molecule has 0 spiro atoms. The smallest absolute Gasteiger partial charge is 0.197 e. The van der Waals surface area contributed by atoms with Crippen LogP contribution in [0.1, 0.15) is 96.4 Å². The summed E-state index contributed by atoms with van der Waals surface area (Å²) < 4.78 is 0. The summed E-state index contributed by atoms with van der Waals surface area (Å²) in [4.78, 5) is 2.86. The van der Waals surface area contributed by atoms with E-state index in [9.17, 15) is 0 Å². The van der Waals surface area contributed by atoms with E-state index in [-0.39, 0.29) is 21.8 Å². The van der Waals surface area contributed by atoms with Crippen molar-refractivity contribution in [3.63, 3.8) is 0 Å². The van der Waals surface area contributed by atoms with E-state index in [1.54, 1.807) is 5.56 Å². The van der Waals surface area contributed by atoms with Gasteiger partial charge >= 0.3 is 0 Å². The minimum atomic E-state index is -0.177. The maximum Gasteiger partial charge on any atom is 0.197 e. The van der Waals surface area contributed by atoms with Crippen molar-refractivity contribution in [3.8, 4) is 44.5 Å². The lowest BCUT2D eigenvalue weighted by Crippen LogP contribution is -2.57. The van der Waals surface area contributed by atoms with Gasteiger partial charge in [-0.15, -0.1) is 0 Å². The van der Waals surface area contributed by atoms with Crippen LogP contribution in [0, 0.1) is 0 Å². The van der Waals surface area contributed by atoms with Crippen LogP contribution in [0.25, 0.3) is 44.5 Å². The van der Waals surface area contributed by atoms with Crippen molar-refractivity contribution in [2.45, 2.75) is 95.9 Å². The fourth-order valence-electron chi connectivity index (χ4n) is 11.6. The molecule has 1 saturated carbocycles. The number of fused-ring (bicyclic) bond motifs is 8. The second kappa shape index (κ2) is 13.1. The minimum absolute atomic E-state index is 0.0232. The van der Waals surface area contributed by atoms with Crippen molar-refractivity contribution in [1.29, 1.82) is 0 Å². The number of nitrogens with zero attached hydrogens (tertiary/aromatic N) is 1. The van der Waals surface area contributed by atoms with E-state index in [1.807, 2.05) is 0 Å². The zero-order valence-electron chi connectivity index (χ0n) is 36.2. The van der Waals surface area contributed by atoms with E-state index in [0.29, 0.717) is 0 Å². The first-order chi connectivity index (χ1) is 28.9. The highest BCUT2D eigenvalue weighted by Gasteiger charge is 2.60. The van der Waals surface area contributed by atoms with Crippen molar-refractivity contribution in [1.82, 2.24) is 0 Å². The first-order valence-corrected chi connectivity index (χ1v) is 22.1. The normalized spacial score (nSPS) is 20.4. The lowest BCUT2D eigenvalue weighted by molar-refractivity contribution is 0.195. The number of nitrogens with one attached hydrogen (secondary N) is 1. The van der Waals surface area contributed by atoms with E-state index >= 15 is 0 Å². The largest absolute Gasteiger partial charge is 0.355 e. The second-order valence-corrected chi connectivity index (χ2v) is 20.0. The zero-order chi connectivity index (χ0) is 41.2. The number of anilines is 4. The molecule has 60 heavy (non-hydrogen) atoms. The number of hydrogen-bond donors (Lipinski definition) is 1. The number of hydrogen-bond acceptors (Lipinski definition) is 2. The molecule has 0 amide bonds. The average Bonchev–Trinajstić information content (AvgIpc) is 3.61. The Kier molecular flexibility index (Phi) is 8.13. The van der Waals surface area contributed by atoms with Crippen LogP contribution in [0.15, 0.2) is 146 Å². The van der Waals surface area contributed by atoms with E-state index in [4.69, 9.17) is 0 Å². The SMILES string of the molecule is CC(C)(C)c1cc2c3c(c1)C1(C)CCCCC1(C)N3c1cc3c(c(-c4cc(-c5ccccc5)ccc4Nc4ccc(-c5ccccc5)cc4)c1[B]2)-c1ccccc1C3(C)C. The summed E-state index contributed by atoms with van der Waals surface area (Å²) >= 11 is 0. The molecule has 2 heterocycles. The van der Waals surface area contributed by atoms with Crippen LogP contribution in [0.2, 0.25) is 0 Å². The number of benzene rings is 7. The summed E-state index contributed by atoms with van der Waals surface area (Å²) in [6.45, 7) is 17.2. The molecule has 2 aliphatic heterocycles. The first-order valence-electron chi connectivity index (χ1n) is 22.1. The maximum atomic E-state index is 3.99. The molecular formula is C57H54BN2. The van der Waals surface area contributed by atoms with Gasteiger partial charge in [0.1, 0.15) is 0 Å². The molecule has 2 atom stereocenters. The van der Waals surface area contributed by atoms with Gasteiger partial charge in [-0.25, -0.2) is 0 Å². The van der Waals surface area contributed by atoms with Gasteiger partial charge in [0.05, 0.1) is 5.54 Å². The molecule has 7 aromatic rings. The summed E-state index contributed by atoms with van der Waals surface area (Å²) in [6, 6.07) is 54.5. The van der Waals surface area contributed by atoms with Crippen molar-refractivity contribution in [3.05, 3.63) is 168 Å². The van der Waals surface area contributed by atoms with Crippen LogP contribution in [-0.4, -0.2) is 12.8 Å². The molecule has 0 bridgehead atoms. The van der Waals surface area contributed by atoms with Crippen LogP contribution in [0.3, 0.4) is 0 Å². The van der Waals surface area contributed by atoms with Gasteiger partial charge < -0.3 is 10.2 Å². The molecule has 0 saturated heterocycles. The number of rotatable bonds is 5. The Balaban J connectivity index is 1.21. The Bertz CT molecular complexity index is 2850. The van der Waals surface area contributed by atoms with Crippen molar-refractivity contribution in [2.24, 2.45) is 0 Å². The van der Waals surface area contributed by atoms with E-state index in [1.165, 1.54) is 109 Å². The van der Waals surface area contributed by atoms with Crippen molar-refractivity contribution >= 4 is 41.0 Å². The van der Waals surface area contributed by atoms with Gasteiger partial charge in [0, 0.05) is 39.1 Å². The molecule has 295 valence electrons. The lowest BCUT2D eigenvalue weighted by atomic mass is 9.56. The van der Waals surface area contributed by atoms with Crippen molar-refractivity contribution < 1.29 is 0 Å². The Labute approximate surface area is 358 Å². The van der Waals surface area contributed by atoms with Crippen LogP contribution in [0.5, 0.6) is 0 Å². The van der Waals surface area contributed by atoms with Gasteiger partial charge in [-0.2, -0.15) is 0 Å². The third-order valence-electron chi connectivity index (χ3n) is 15.2. The Hall–Kier alpha value is -5.80. The summed E-state index contributed by atoms with van der Waals surface area (Å²) in [5.74, 6) is 0. The molecule has 1 fully saturated rings. The molecule has 1 N–H and O–H groups in total. The highest BCUT2D eigenvalue weighted by atomic mass is 15.3. The van der Waals surface area contributed by atoms with Gasteiger partial charge in [-0.05, 0) is 122 Å². The molecule has 0 aromatic heterocycles.